The Morgan fingerprint density at radius 1 is 1.37 bits per heavy atom. The number of methoxy groups -OCH3 is 1. The van der Waals surface area contributed by atoms with Gasteiger partial charge in [-0.25, -0.2) is 0 Å². The second kappa shape index (κ2) is 6.34. The maximum Gasteiger partial charge on any atom is 0.310 e. The average Bonchev–Trinajstić information content (AvgIpc) is 3.18. The zero-order valence-corrected chi connectivity index (χ0v) is 11.4. The SMILES string of the molecule is COC(=O)C1CC(NCC2CC2)CN(CC(N)=O)C1. The molecule has 0 radical (unpaired) electrons. The maximum atomic E-state index is 11.7. The van der Waals surface area contributed by atoms with E-state index in [1.54, 1.807) is 0 Å². The minimum Gasteiger partial charge on any atom is -0.469 e. The number of esters is 1. The lowest BCUT2D eigenvalue weighted by molar-refractivity contribution is -0.148. The van der Waals surface area contributed by atoms with Crippen molar-refractivity contribution in [3.63, 3.8) is 0 Å². The van der Waals surface area contributed by atoms with Gasteiger partial charge in [0.2, 0.25) is 5.91 Å². The third-order valence-electron chi connectivity index (χ3n) is 3.83. The second-order valence-corrected chi connectivity index (χ2v) is 5.66. The predicted molar refractivity (Wildman–Crippen MR) is 70.3 cm³/mol. The van der Waals surface area contributed by atoms with Crippen LogP contribution in [0.2, 0.25) is 0 Å². The van der Waals surface area contributed by atoms with Crippen LogP contribution < -0.4 is 11.1 Å². The summed E-state index contributed by atoms with van der Waals surface area (Å²) in [5.41, 5.74) is 5.24. The van der Waals surface area contributed by atoms with E-state index in [0.29, 0.717) is 6.54 Å². The number of hydrogen-bond donors (Lipinski definition) is 2. The third kappa shape index (κ3) is 4.47. The van der Waals surface area contributed by atoms with E-state index in [0.717, 1.165) is 25.4 Å². The van der Waals surface area contributed by atoms with E-state index in [9.17, 15) is 9.59 Å². The van der Waals surface area contributed by atoms with Gasteiger partial charge in [-0.2, -0.15) is 0 Å². The molecule has 0 aromatic heterocycles. The summed E-state index contributed by atoms with van der Waals surface area (Å²) in [6.07, 6.45) is 3.37. The Labute approximate surface area is 113 Å². The Balaban J connectivity index is 1.89. The van der Waals surface area contributed by atoms with Gasteiger partial charge in [-0.05, 0) is 31.7 Å². The van der Waals surface area contributed by atoms with Gasteiger partial charge in [-0.1, -0.05) is 0 Å². The number of rotatable bonds is 6. The lowest BCUT2D eigenvalue weighted by atomic mass is 9.94. The van der Waals surface area contributed by atoms with E-state index in [1.165, 1.54) is 20.0 Å². The number of ether oxygens (including phenoxy) is 1. The highest BCUT2D eigenvalue weighted by Crippen LogP contribution is 2.28. The standard InChI is InChI=1S/C13H23N3O3/c1-19-13(18)10-4-11(15-5-9-2-3-9)7-16(6-10)8-12(14)17/h9-11,15H,2-8H2,1H3,(H2,14,17). The van der Waals surface area contributed by atoms with Crippen LogP contribution in [0.1, 0.15) is 19.3 Å². The molecule has 1 saturated carbocycles. The van der Waals surface area contributed by atoms with Gasteiger partial charge >= 0.3 is 5.97 Å². The molecule has 19 heavy (non-hydrogen) atoms. The van der Waals surface area contributed by atoms with Crippen molar-refractivity contribution in [2.75, 3.05) is 33.3 Å². The van der Waals surface area contributed by atoms with Crippen LogP contribution in [0.15, 0.2) is 0 Å². The number of nitrogens with two attached hydrogens (primary N) is 1. The summed E-state index contributed by atoms with van der Waals surface area (Å²) in [7, 11) is 1.40. The van der Waals surface area contributed by atoms with Crippen LogP contribution in [0.3, 0.4) is 0 Å². The number of likely N-dealkylation sites (tertiary alicyclic amines) is 1. The highest BCUT2D eigenvalue weighted by Gasteiger charge is 2.33. The van der Waals surface area contributed by atoms with Gasteiger partial charge in [0.15, 0.2) is 0 Å². The highest BCUT2D eigenvalue weighted by molar-refractivity contribution is 5.76. The molecule has 2 fully saturated rings. The van der Waals surface area contributed by atoms with E-state index in [1.807, 2.05) is 4.90 Å². The van der Waals surface area contributed by atoms with Gasteiger partial charge in [0.1, 0.15) is 0 Å². The number of primary amides is 1. The summed E-state index contributed by atoms with van der Waals surface area (Å²) >= 11 is 0. The van der Waals surface area contributed by atoms with Gasteiger partial charge < -0.3 is 15.8 Å². The van der Waals surface area contributed by atoms with Crippen molar-refractivity contribution in [1.82, 2.24) is 10.2 Å². The van der Waals surface area contributed by atoms with Crippen LogP contribution in [0, 0.1) is 11.8 Å². The Morgan fingerprint density at radius 2 is 2.11 bits per heavy atom. The minimum atomic E-state index is -0.355. The van der Waals surface area contributed by atoms with Crippen molar-refractivity contribution < 1.29 is 14.3 Å². The first-order valence-corrected chi connectivity index (χ1v) is 6.90. The molecule has 0 aromatic rings. The fourth-order valence-corrected chi connectivity index (χ4v) is 2.68. The van der Waals surface area contributed by atoms with E-state index in [4.69, 9.17) is 10.5 Å². The minimum absolute atomic E-state index is 0.171. The van der Waals surface area contributed by atoms with Gasteiger partial charge in [0, 0.05) is 19.1 Å². The fraction of sp³-hybridized carbons (Fsp3) is 0.846. The molecule has 1 aliphatic heterocycles. The van der Waals surface area contributed by atoms with Crippen LogP contribution in [0.5, 0.6) is 0 Å². The monoisotopic (exact) mass is 269 g/mol. The fourth-order valence-electron chi connectivity index (χ4n) is 2.68. The molecule has 2 atom stereocenters. The molecule has 1 amide bonds. The smallest absolute Gasteiger partial charge is 0.310 e. The zero-order chi connectivity index (χ0) is 13.8. The number of nitrogens with one attached hydrogen (secondary N) is 1. The molecule has 0 spiro atoms. The Kier molecular flexibility index (Phi) is 4.76. The van der Waals surface area contributed by atoms with E-state index >= 15 is 0 Å². The van der Waals surface area contributed by atoms with Gasteiger partial charge in [0.05, 0.1) is 19.6 Å². The van der Waals surface area contributed by atoms with Crippen molar-refractivity contribution in [2.24, 2.45) is 17.6 Å². The number of amides is 1. The number of nitrogens with zero attached hydrogens (tertiary/aromatic N) is 1. The Hall–Kier alpha value is -1.14. The molecule has 2 rings (SSSR count). The highest BCUT2D eigenvalue weighted by atomic mass is 16.5. The van der Waals surface area contributed by atoms with Crippen molar-refractivity contribution in [1.29, 1.82) is 0 Å². The average molecular weight is 269 g/mol. The van der Waals surface area contributed by atoms with Crippen LogP contribution in [0.25, 0.3) is 0 Å². The molecule has 108 valence electrons. The molecule has 0 aromatic carbocycles. The first-order chi connectivity index (χ1) is 9.08. The largest absolute Gasteiger partial charge is 0.469 e. The Bertz CT molecular complexity index is 344. The molecule has 2 unspecified atom stereocenters. The summed E-state index contributed by atoms with van der Waals surface area (Å²) in [5.74, 6) is 0.0664. The van der Waals surface area contributed by atoms with Gasteiger partial charge in [-0.3, -0.25) is 14.5 Å². The quantitative estimate of drug-likeness (QED) is 0.625. The molecule has 1 aliphatic carbocycles. The lowest BCUT2D eigenvalue weighted by Crippen LogP contribution is -2.53. The summed E-state index contributed by atoms with van der Waals surface area (Å²) in [5, 5.41) is 3.49. The number of carbonyl (C=O) groups excluding carboxylic acids is 2. The number of piperidine rings is 1. The molecule has 1 heterocycles. The molecule has 1 saturated heterocycles. The van der Waals surface area contributed by atoms with Crippen molar-refractivity contribution in [3.8, 4) is 0 Å². The topological polar surface area (TPSA) is 84.7 Å². The maximum absolute atomic E-state index is 11.7. The van der Waals surface area contributed by atoms with Crippen LogP contribution >= 0.6 is 0 Å². The Morgan fingerprint density at radius 3 is 2.68 bits per heavy atom. The molecule has 2 aliphatic rings. The van der Waals surface area contributed by atoms with Gasteiger partial charge in [0.25, 0.3) is 0 Å². The van der Waals surface area contributed by atoms with Gasteiger partial charge in [-0.15, -0.1) is 0 Å². The third-order valence-corrected chi connectivity index (χ3v) is 3.83. The number of hydrogen-bond acceptors (Lipinski definition) is 5. The van der Waals surface area contributed by atoms with Crippen LogP contribution in [0.4, 0.5) is 0 Å². The molecule has 6 heteroatoms. The van der Waals surface area contributed by atoms with Crippen molar-refractivity contribution >= 4 is 11.9 Å². The second-order valence-electron chi connectivity index (χ2n) is 5.66. The summed E-state index contributed by atoms with van der Waals surface area (Å²) in [4.78, 5) is 24.7. The summed E-state index contributed by atoms with van der Waals surface area (Å²) < 4.78 is 4.82. The molecule has 6 nitrogen and oxygen atoms in total. The van der Waals surface area contributed by atoms with E-state index in [-0.39, 0.29) is 30.4 Å². The van der Waals surface area contributed by atoms with Crippen LogP contribution in [-0.2, 0) is 14.3 Å². The van der Waals surface area contributed by atoms with Crippen molar-refractivity contribution in [2.45, 2.75) is 25.3 Å². The number of carbonyl (C=O) groups is 2. The van der Waals surface area contributed by atoms with Crippen molar-refractivity contribution in [3.05, 3.63) is 0 Å². The first kappa shape index (κ1) is 14.3. The van der Waals surface area contributed by atoms with Crippen LogP contribution in [-0.4, -0.2) is 56.1 Å². The zero-order valence-electron chi connectivity index (χ0n) is 11.4. The molecule has 0 bridgehead atoms. The predicted octanol–water partition coefficient (Wildman–Crippen LogP) is -0.665. The molecular formula is C13H23N3O3. The van der Waals surface area contributed by atoms with E-state index < -0.39 is 0 Å². The summed E-state index contributed by atoms with van der Waals surface area (Å²) in [6.45, 7) is 2.53. The summed E-state index contributed by atoms with van der Waals surface area (Å²) in [6, 6.07) is 0.234. The molecular weight excluding hydrogens is 246 g/mol. The molecule has 3 N–H and O–H groups in total. The normalized spacial score (nSPS) is 28.1. The first-order valence-electron chi connectivity index (χ1n) is 6.90. The van der Waals surface area contributed by atoms with E-state index in [2.05, 4.69) is 5.32 Å². The lowest BCUT2D eigenvalue weighted by Gasteiger charge is -2.36.